The average Bonchev–Trinajstić information content (AvgIpc) is 3.30. The van der Waals surface area contributed by atoms with Crippen LogP contribution in [0.3, 0.4) is 0 Å². The van der Waals surface area contributed by atoms with Crippen LogP contribution in [-0.2, 0) is 28.6 Å². The van der Waals surface area contributed by atoms with E-state index in [1.165, 1.54) is 244 Å². The van der Waals surface area contributed by atoms with Gasteiger partial charge < -0.3 is 14.2 Å². The summed E-state index contributed by atoms with van der Waals surface area (Å²) >= 11 is 0. The number of esters is 3. The molecule has 0 aliphatic rings. The lowest BCUT2D eigenvalue weighted by molar-refractivity contribution is -0.167. The molecule has 0 bridgehead atoms. The standard InChI is InChI=1S/C59H114O6/c1-4-7-10-13-16-19-22-24-26-28-29-30-31-32-34-35-37-40-43-46-49-52-58(61)64-55-56(54-63-57(60)51-48-45-42-39-21-18-15-12-9-6-3)65-59(62)53-50-47-44-41-38-36-33-27-25-23-20-17-14-11-8-5-2/h56H,4-55H2,1-3H3. The Morgan fingerprint density at radius 3 is 0.615 bits per heavy atom. The van der Waals surface area contributed by atoms with E-state index in [0.717, 1.165) is 57.8 Å². The second-order valence-electron chi connectivity index (χ2n) is 20.3. The molecule has 386 valence electrons. The third-order valence-electron chi connectivity index (χ3n) is 13.6. The lowest BCUT2D eigenvalue weighted by atomic mass is 10.0. The maximum absolute atomic E-state index is 12.8. The van der Waals surface area contributed by atoms with Gasteiger partial charge in [-0.05, 0) is 19.3 Å². The van der Waals surface area contributed by atoms with E-state index in [-0.39, 0.29) is 31.1 Å². The predicted octanol–water partition coefficient (Wildman–Crippen LogP) is 19.5. The Hall–Kier alpha value is -1.59. The first-order valence-corrected chi connectivity index (χ1v) is 29.5. The molecule has 0 radical (unpaired) electrons. The monoisotopic (exact) mass is 919 g/mol. The summed E-state index contributed by atoms with van der Waals surface area (Å²) in [7, 11) is 0. The number of ether oxygens (including phenoxy) is 3. The van der Waals surface area contributed by atoms with E-state index < -0.39 is 6.10 Å². The normalized spacial score (nSPS) is 11.9. The third-order valence-corrected chi connectivity index (χ3v) is 13.6. The van der Waals surface area contributed by atoms with Crippen LogP contribution in [0, 0.1) is 0 Å². The predicted molar refractivity (Wildman–Crippen MR) is 280 cm³/mol. The molecule has 1 atom stereocenters. The van der Waals surface area contributed by atoms with Crippen LogP contribution in [0.2, 0.25) is 0 Å². The van der Waals surface area contributed by atoms with Crippen LogP contribution >= 0.6 is 0 Å². The summed E-state index contributed by atoms with van der Waals surface area (Å²) in [5.41, 5.74) is 0. The number of carbonyl (C=O) groups is 3. The Kier molecular flexibility index (Phi) is 53.7. The maximum Gasteiger partial charge on any atom is 0.306 e. The zero-order valence-electron chi connectivity index (χ0n) is 44.3. The van der Waals surface area contributed by atoms with Crippen molar-refractivity contribution in [1.29, 1.82) is 0 Å². The summed E-state index contributed by atoms with van der Waals surface area (Å²) in [5.74, 6) is -0.834. The third kappa shape index (κ3) is 53.2. The van der Waals surface area contributed by atoms with Crippen LogP contribution in [0.4, 0.5) is 0 Å². The minimum absolute atomic E-state index is 0.0612. The van der Waals surface area contributed by atoms with Gasteiger partial charge in [-0.2, -0.15) is 0 Å². The lowest BCUT2D eigenvalue weighted by Gasteiger charge is -2.18. The van der Waals surface area contributed by atoms with Crippen molar-refractivity contribution in [3.8, 4) is 0 Å². The van der Waals surface area contributed by atoms with Crippen LogP contribution < -0.4 is 0 Å². The molecule has 0 saturated heterocycles. The minimum Gasteiger partial charge on any atom is -0.462 e. The molecule has 0 rings (SSSR count). The zero-order valence-corrected chi connectivity index (χ0v) is 44.3. The van der Waals surface area contributed by atoms with Crippen molar-refractivity contribution >= 4 is 17.9 Å². The SMILES string of the molecule is CCCCCCCCCCCCCCCCCCCCCCCC(=O)OCC(COC(=O)CCCCCCCCCCCC)OC(=O)CCCCCCCCCCCCCCCCCC. The van der Waals surface area contributed by atoms with Crippen LogP contribution in [0.25, 0.3) is 0 Å². The molecule has 0 aliphatic carbocycles. The van der Waals surface area contributed by atoms with E-state index in [0.29, 0.717) is 19.3 Å². The Morgan fingerprint density at radius 1 is 0.246 bits per heavy atom. The summed E-state index contributed by atoms with van der Waals surface area (Å²) in [5, 5.41) is 0. The number of rotatable bonds is 55. The Balaban J connectivity index is 4.19. The van der Waals surface area contributed by atoms with Gasteiger partial charge in [-0.1, -0.05) is 303 Å². The molecule has 6 nitrogen and oxygen atoms in total. The molecule has 0 saturated carbocycles. The summed E-state index contributed by atoms with van der Waals surface area (Å²) < 4.78 is 16.9. The summed E-state index contributed by atoms with van der Waals surface area (Å²) in [6.45, 7) is 6.70. The van der Waals surface area contributed by atoms with E-state index >= 15 is 0 Å². The molecule has 0 aliphatic heterocycles. The molecule has 0 spiro atoms. The fourth-order valence-electron chi connectivity index (χ4n) is 9.15. The van der Waals surface area contributed by atoms with Crippen molar-refractivity contribution in [2.45, 2.75) is 348 Å². The molecular formula is C59H114O6. The second kappa shape index (κ2) is 55.0. The number of unbranched alkanes of at least 4 members (excludes halogenated alkanes) is 44. The van der Waals surface area contributed by atoms with Crippen molar-refractivity contribution in [3.05, 3.63) is 0 Å². The molecule has 0 heterocycles. The largest absolute Gasteiger partial charge is 0.462 e. The molecular weight excluding hydrogens is 805 g/mol. The van der Waals surface area contributed by atoms with Gasteiger partial charge in [-0.3, -0.25) is 14.4 Å². The topological polar surface area (TPSA) is 78.9 Å². The Bertz CT molecular complexity index is 967. The first kappa shape index (κ1) is 63.4. The molecule has 0 aromatic rings. The quantitative estimate of drug-likeness (QED) is 0.0344. The molecule has 0 aromatic heterocycles. The van der Waals surface area contributed by atoms with Crippen LogP contribution in [0.5, 0.6) is 0 Å². The lowest BCUT2D eigenvalue weighted by Crippen LogP contribution is -2.30. The van der Waals surface area contributed by atoms with E-state index in [1.54, 1.807) is 0 Å². The highest BCUT2D eigenvalue weighted by molar-refractivity contribution is 5.71. The molecule has 0 fully saturated rings. The van der Waals surface area contributed by atoms with Crippen molar-refractivity contribution < 1.29 is 28.6 Å². The first-order valence-electron chi connectivity index (χ1n) is 29.5. The van der Waals surface area contributed by atoms with Crippen molar-refractivity contribution in [2.75, 3.05) is 13.2 Å². The number of hydrogen-bond acceptors (Lipinski definition) is 6. The van der Waals surface area contributed by atoms with Gasteiger partial charge in [0.05, 0.1) is 0 Å². The molecule has 0 aromatic carbocycles. The van der Waals surface area contributed by atoms with Gasteiger partial charge in [0.15, 0.2) is 6.10 Å². The maximum atomic E-state index is 12.8. The van der Waals surface area contributed by atoms with Crippen LogP contribution in [-0.4, -0.2) is 37.2 Å². The van der Waals surface area contributed by atoms with E-state index in [2.05, 4.69) is 20.8 Å². The van der Waals surface area contributed by atoms with Gasteiger partial charge in [-0.15, -0.1) is 0 Å². The Morgan fingerprint density at radius 2 is 0.415 bits per heavy atom. The molecule has 65 heavy (non-hydrogen) atoms. The molecule has 0 amide bonds. The van der Waals surface area contributed by atoms with Crippen molar-refractivity contribution in [2.24, 2.45) is 0 Å². The highest BCUT2D eigenvalue weighted by Crippen LogP contribution is 2.18. The van der Waals surface area contributed by atoms with Gasteiger partial charge in [0.2, 0.25) is 0 Å². The van der Waals surface area contributed by atoms with Crippen molar-refractivity contribution in [3.63, 3.8) is 0 Å². The van der Waals surface area contributed by atoms with Gasteiger partial charge in [0, 0.05) is 19.3 Å². The number of carbonyl (C=O) groups excluding carboxylic acids is 3. The molecule has 1 unspecified atom stereocenters. The zero-order chi connectivity index (χ0) is 47.2. The highest BCUT2D eigenvalue weighted by atomic mass is 16.6. The van der Waals surface area contributed by atoms with Gasteiger partial charge in [0.25, 0.3) is 0 Å². The fourth-order valence-corrected chi connectivity index (χ4v) is 9.15. The Labute approximate surface area is 406 Å². The smallest absolute Gasteiger partial charge is 0.306 e. The van der Waals surface area contributed by atoms with Gasteiger partial charge >= 0.3 is 17.9 Å². The van der Waals surface area contributed by atoms with Gasteiger partial charge in [0.1, 0.15) is 13.2 Å². The fraction of sp³-hybridized carbons (Fsp3) is 0.949. The first-order chi connectivity index (χ1) is 32.0. The van der Waals surface area contributed by atoms with Crippen LogP contribution in [0.15, 0.2) is 0 Å². The molecule has 6 heteroatoms. The minimum atomic E-state index is -0.760. The molecule has 0 N–H and O–H groups in total. The van der Waals surface area contributed by atoms with Crippen molar-refractivity contribution in [1.82, 2.24) is 0 Å². The highest BCUT2D eigenvalue weighted by Gasteiger charge is 2.19. The number of hydrogen-bond donors (Lipinski definition) is 0. The van der Waals surface area contributed by atoms with E-state index in [4.69, 9.17) is 14.2 Å². The van der Waals surface area contributed by atoms with Crippen LogP contribution in [0.1, 0.15) is 342 Å². The van der Waals surface area contributed by atoms with Gasteiger partial charge in [-0.25, -0.2) is 0 Å². The summed E-state index contributed by atoms with van der Waals surface area (Å²) in [6.07, 6.45) is 61.0. The van der Waals surface area contributed by atoms with E-state index in [1.807, 2.05) is 0 Å². The van der Waals surface area contributed by atoms with E-state index in [9.17, 15) is 14.4 Å². The second-order valence-corrected chi connectivity index (χ2v) is 20.3. The summed E-state index contributed by atoms with van der Waals surface area (Å²) in [6, 6.07) is 0. The average molecular weight is 920 g/mol. The summed E-state index contributed by atoms with van der Waals surface area (Å²) in [4.78, 5) is 38.1.